The quantitative estimate of drug-likeness (QED) is 0.837. The van der Waals surface area contributed by atoms with E-state index in [0.29, 0.717) is 5.82 Å². The maximum absolute atomic E-state index is 5.99. The Morgan fingerprint density at radius 1 is 1.31 bits per heavy atom. The summed E-state index contributed by atoms with van der Waals surface area (Å²) in [6.45, 7) is 3.91. The van der Waals surface area contributed by atoms with Gasteiger partial charge in [-0.3, -0.25) is 0 Å². The second-order valence-electron chi connectivity index (χ2n) is 3.71. The highest BCUT2D eigenvalue weighted by molar-refractivity contribution is 5.50. The molecule has 2 rings (SSSR count). The average molecular weight is 217 g/mol. The van der Waals surface area contributed by atoms with Crippen molar-refractivity contribution in [1.29, 1.82) is 0 Å². The normalized spacial score (nSPS) is 10.4. The topological polar surface area (TPSA) is 53.1 Å². The summed E-state index contributed by atoms with van der Waals surface area (Å²) in [4.78, 5) is 0. The fraction of sp³-hybridized carbons (Fsp3) is 0.250. The zero-order valence-electron chi connectivity index (χ0n) is 9.69. The molecule has 0 aliphatic carbocycles. The Balaban J connectivity index is 2.54. The number of hydrogen-bond donors (Lipinski definition) is 1. The zero-order chi connectivity index (χ0) is 11.7. The van der Waals surface area contributed by atoms with E-state index in [1.54, 1.807) is 11.8 Å². The minimum absolute atomic E-state index is 0.672. The van der Waals surface area contributed by atoms with Gasteiger partial charge in [-0.15, -0.1) is 0 Å². The van der Waals surface area contributed by atoms with Crippen molar-refractivity contribution < 1.29 is 4.74 Å². The molecule has 4 nitrogen and oxygen atoms in total. The van der Waals surface area contributed by atoms with Gasteiger partial charge in [0, 0.05) is 11.6 Å². The summed E-state index contributed by atoms with van der Waals surface area (Å²) in [7, 11) is 1.64. The fourth-order valence-electron chi connectivity index (χ4n) is 1.56. The molecule has 1 aromatic heterocycles. The minimum Gasteiger partial charge on any atom is -0.497 e. The zero-order valence-corrected chi connectivity index (χ0v) is 9.69. The van der Waals surface area contributed by atoms with Crippen LogP contribution in [0, 0.1) is 13.8 Å². The second kappa shape index (κ2) is 3.89. The predicted octanol–water partition coefficient (Wildman–Crippen LogP) is 2.08. The Morgan fingerprint density at radius 2 is 2.06 bits per heavy atom. The van der Waals surface area contributed by atoms with Gasteiger partial charge in [-0.2, -0.15) is 5.10 Å². The van der Waals surface area contributed by atoms with Crippen molar-refractivity contribution in [2.75, 3.05) is 12.8 Å². The lowest BCUT2D eigenvalue weighted by molar-refractivity contribution is 0.414. The summed E-state index contributed by atoms with van der Waals surface area (Å²) >= 11 is 0. The van der Waals surface area contributed by atoms with Crippen molar-refractivity contribution in [3.8, 4) is 11.4 Å². The molecule has 0 amide bonds. The van der Waals surface area contributed by atoms with Crippen molar-refractivity contribution in [2.45, 2.75) is 13.8 Å². The Labute approximate surface area is 94.6 Å². The molecule has 2 aromatic rings. The van der Waals surface area contributed by atoms with Gasteiger partial charge in [0.05, 0.1) is 18.5 Å². The van der Waals surface area contributed by atoms with Crippen LogP contribution in [0.25, 0.3) is 5.69 Å². The number of anilines is 1. The Hall–Kier alpha value is -1.97. The molecule has 0 spiro atoms. The standard InChI is InChI=1S/C12H15N3O/c1-8-9(2)14-15(12(8)13)10-5-4-6-11(7-10)16-3/h4-7H,13H2,1-3H3. The van der Waals surface area contributed by atoms with Crippen molar-refractivity contribution >= 4 is 5.82 Å². The van der Waals surface area contributed by atoms with E-state index in [2.05, 4.69) is 5.10 Å². The number of ether oxygens (including phenoxy) is 1. The Bertz CT molecular complexity index is 517. The number of aryl methyl sites for hydroxylation is 1. The van der Waals surface area contributed by atoms with Crippen LogP contribution in [0.4, 0.5) is 5.82 Å². The van der Waals surface area contributed by atoms with Crippen LogP contribution in [-0.2, 0) is 0 Å². The van der Waals surface area contributed by atoms with E-state index < -0.39 is 0 Å². The molecule has 0 saturated carbocycles. The molecule has 0 unspecified atom stereocenters. The van der Waals surface area contributed by atoms with Crippen LogP contribution in [0.2, 0.25) is 0 Å². The molecule has 0 bridgehead atoms. The number of aromatic nitrogens is 2. The van der Waals surface area contributed by atoms with E-state index in [1.807, 2.05) is 38.1 Å². The van der Waals surface area contributed by atoms with E-state index in [4.69, 9.17) is 10.5 Å². The van der Waals surface area contributed by atoms with Gasteiger partial charge >= 0.3 is 0 Å². The molecule has 0 aliphatic heterocycles. The molecular formula is C12H15N3O. The second-order valence-corrected chi connectivity index (χ2v) is 3.71. The monoisotopic (exact) mass is 217 g/mol. The predicted molar refractivity (Wildman–Crippen MR) is 64.0 cm³/mol. The van der Waals surface area contributed by atoms with Crippen LogP contribution >= 0.6 is 0 Å². The molecule has 4 heteroatoms. The van der Waals surface area contributed by atoms with Crippen molar-refractivity contribution in [3.63, 3.8) is 0 Å². The van der Waals surface area contributed by atoms with Gasteiger partial charge in [0.2, 0.25) is 0 Å². The van der Waals surface area contributed by atoms with Gasteiger partial charge in [-0.1, -0.05) is 6.07 Å². The van der Waals surface area contributed by atoms with E-state index in [1.165, 1.54) is 0 Å². The lowest BCUT2D eigenvalue weighted by atomic mass is 10.2. The number of nitrogen functional groups attached to an aromatic ring is 1. The number of hydrogen-bond acceptors (Lipinski definition) is 3. The lowest BCUT2D eigenvalue weighted by Crippen LogP contribution is -2.02. The third-order valence-corrected chi connectivity index (χ3v) is 2.70. The van der Waals surface area contributed by atoms with Crippen molar-refractivity contribution in [2.24, 2.45) is 0 Å². The van der Waals surface area contributed by atoms with Crippen LogP contribution in [-0.4, -0.2) is 16.9 Å². The summed E-state index contributed by atoms with van der Waals surface area (Å²) in [5.41, 5.74) is 8.86. The van der Waals surface area contributed by atoms with Crippen LogP contribution < -0.4 is 10.5 Å². The van der Waals surface area contributed by atoms with Gasteiger partial charge in [0.25, 0.3) is 0 Å². The molecule has 0 atom stereocenters. The SMILES string of the molecule is COc1cccc(-n2nc(C)c(C)c2N)c1. The molecule has 16 heavy (non-hydrogen) atoms. The smallest absolute Gasteiger partial charge is 0.130 e. The molecule has 1 aromatic carbocycles. The molecule has 0 fully saturated rings. The number of nitrogens with zero attached hydrogens (tertiary/aromatic N) is 2. The number of rotatable bonds is 2. The first-order valence-electron chi connectivity index (χ1n) is 5.09. The first-order chi connectivity index (χ1) is 7.63. The maximum Gasteiger partial charge on any atom is 0.130 e. The van der Waals surface area contributed by atoms with Gasteiger partial charge in [-0.25, -0.2) is 4.68 Å². The van der Waals surface area contributed by atoms with Crippen LogP contribution in [0.15, 0.2) is 24.3 Å². The minimum atomic E-state index is 0.672. The summed E-state index contributed by atoms with van der Waals surface area (Å²) in [5, 5.41) is 4.39. The summed E-state index contributed by atoms with van der Waals surface area (Å²) in [6, 6.07) is 7.66. The highest BCUT2D eigenvalue weighted by Crippen LogP contribution is 2.22. The number of methoxy groups -OCH3 is 1. The first kappa shape index (κ1) is 10.5. The van der Waals surface area contributed by atoms with Crippen LogP contribution in [0.3, 0.4) is 0 Å². The van der Waals surface area contributed by atoms with Crippen LogP contribution in [0.1, 0.15) is 11.3 Å². The highest BCUT2D eigenvalue weighted by atomic mass is 16.5. The van der Waals surface area contributed by atoms with E-state index in [0.717, 1.165) is 22.7 Å². The maximum atomic E-state index is 5.99. The van der Waals surface area contributed by atoms with Crippen molar-refractivity contribution in [1.82, 2.24) is 9.78 Å². The third kappa shape index (κ3) is 1.62. The molecule has 2 N–H and O–H groups in total. The summed E-state index contributed by atoms with van der Waals surface area (Å²) in [5.74, 6) is 1.47. The summed E-state index contributed by atoms with van der Waals surface area (Å²) < 4.78 is 6.90. The Morgan fingerprint density at radius 3 is 2.62 bits per heavy atom. The fourth-order valence-corrected chi connectivity index (χ4v) is 1.56. The van der Waals surface area contributed by atoms with Gasteiger partial charge in [0.1, 0.15) is 11.6 Å². The summed E-state index contributed by atoms with van der Waals surface area (Å²) in [6.07, 6.45) is 0. The van der Waals surface area contributed by atoms with Gasteiger partial charge in [-0.05, 0) is 26.0 Å². The highest BCUT2D eigenvalue weighted by Gasteiger charge is 2.09. The average Bonchev–Trinajstić information content (AvgIpc) is 2.57. The first-order valence-corrected chi connectivity index (χ1v) is 5.09. The van der Waals surface area contributed by atoms with Crippen LogP contribution in [0.5, 0.6) is 5.75 Å². The lowest BCUT2D eigenvalue weighted by Gasteiger charge is -2.06. The van der Waals surface area contributed by atoms with Crippen molar-refractivity contribution in [3.05, 3.63) is 35.5 Å². The Kier molecular flexibility index (Phi) is 2.56. The van der Waals surface area contributed by atoms with Gasteiger partial charge < -0.3 is 10.5 Å². The third-order valence-electron chi connectivity index (χ3n) is 2.70. The molecule has 0 radical (unpaired) electrons. The largest absolute Gasteiger partial charge is 0.497 e. The number of benzene rings is 1. The van der Waals surface area contributed by atoms with E-state index in [-0.39, 0.29) is 0 Å². The molecule has 1 heterocycles. The van der Waals surface area contributed by atoms with E-state index >= 15 is 0 Å². The number of nitrogens with two attached hydrogens (primary N) is 1. The molecule has 0 aliphatic rings. The van der Waals surface area contributed by atoms with E-state index in [9.17, 15) is 0 Å². The molecular weight excluding hydrogens is 202 g/mol. The van der Waals surface area contributed by atoms with Gasteiger partial charge in [0.15, 0.2) is 0 Å². The molecule has 0 saturated heterocycles. The molecule has 84 valence electrons.